The van der Waals surface area contributed by atoms with E-state index < -0.39 is 0 Å². The molecule has 1 heterocycles. The molecule has 0 spiro atoms. The highest BCUT2D eigenvalue weighted by Crippen LogP contribution is 2.21. The number of rotatable bonds is 4. The van der Waals surface area contributed by atoms with Crippen molar-refractivity contribution < 1.29 is 4.42 Å². The summed E-state index contributed by atoms with van der Waals surface area (Å²) in [6, 6.07) is 7.61. The number of nitrogens with zero attached hydrogens (tertiary/aromatic N) is 2. The summed E-state index contributed by atoms with van der Waals surface area (Å²) in [4.78, 5) is 4.16. The number of anilines is 1. The van der Waals surface area contributed by atoms with Crippen LogP contribution in [0.5, 0.6) is 0 Å². The molecule has 18 heavy (non-hydrogen) atoms. The van der Waals surface area contributed by atoms with E-state index in [0.29, 0.717) is 18.0 Å². The zero-order valence-electron chi connectivity index (χ0n) is 9.90. The second kappa shape index (κ2) is 5.69. The van der Waals surface area contributed by atoms with E-state index >= 15 is 0 Å². The van der Waals surface area contributed by atoms with Crippen molar-refractivity contribution in [3.05, 3.63) is 46.1 Å². The lowest BCUT2D eigenvalue weighted by molar-refractivity contribution is 0.466. The third-order valence-electron chi connectivity index (χ3n) is 2.48. The van der Waals surface area contributed by atoms with Crippen LogP contribution in [0.25, 0.3) is 0 Å². The molecule has 0 aliphatic carbocycles. The Bertz CT molecular complexity index is 586. The Labute approximate surface area is 114 Å². The molecule has 1 aromatic carbocycles. The van der Waals surface area contributed by atoms with Gasteiger partial charge in [0.25, 0.3) is 0 Å². The number of halogens is 1. The SMILES string of the molecule is CCc1cnc(CNc2cc(Br)ccc2C#N)o1. The maximum absolute atomic E-state index is 9.00. The highest BCUT2D eigenvalue weighted by Gasteiger charge is 2.05. The van der Waals surface area contributed by atoms with Gasteiger partial charge in [-0.05, 0) is 18.2 Å². The number of hydrogen-bond donors (Lipinski definition) is 1. The Morgan fingerprint density at radius 2 is 2.33 bits per heavy atom. The van der Waals surface area contributed by atoms with Crippen LogP contribution in [0.2, 0.25) is 0 Å². The van der Waals surface area contributed by atoms with Gasteiger partial charge in [0.15, 0.2) is 0 Å². The van der Waals surface area contributed by atoms with Gasteiger partial charge in [-0.3, -0.25) is 0 Å². The molecule has 2 aromatic rings. The van der Waals surface area contributed by atoms with Crippen molar-refractivity contribution >= 4 is 21.6 Å². The average molecular weight is 306 g/mol. The van der Waals surface area contributed by atoms with Gasteiger partial charge in [-0.15, -0.1) is 0 Å². The monoisotopic (exact) mass is 305 g/mol. The molecular weight excluding hydrogens is 294 g/mol. The highest BCUT2D eigenvalue weighted by molar-refractivity contribution is 9.10. The Hall–Kier alpha value is -1.80. The van der Waals surface area contributed by atoms with Crippen molar-refractivity contribution in [1.29, 1.82) is 5.26 Å². The normalized spacial score (nSPS) is 10.1. The molecule has 0 radical (unpaired) electrons. The van der Waals surface area contributed by atoms with Gasteiger partial charge < -0.3 is 9.73 Å². The van der Waals surface area contributed by atoms with Gasteiger partial charge in [0.05, 0.1) is 24.0 Å². The summed E-state index contributed by atoms with van der Waals surface area (Å²) in [5, 5.41) is 12.2. The molecule has 0 saturated carbocycles. The Kier molecular flexibility index (Phi) is 4.00. The number of aryl methyl sites for hydroxylation is 1. The summed E-state index contributed by atoms with van der Waals surface area (Å²) in [6.07, 6.45) is 2.55. The summed E-state index contributed by atoms with van der Waals surface area (Å²) in [5.41, 5.74) is 1.36. The van der Waals surface area contributed by atoms with Crippen LogP contribution in [0.1, 0.15) is 24.1 Å². The van der Waals surface area contributed by atoms with Crippen LogP contribution in [0.3, 0.4) is 0 Å². The van der Waals surface area contributed by atoms with E-state index in [9.17, 15) is 0 Å². The zero-order chi connectivity index (χ0) is 13.0. The van der Waals surface area contributed by atoms with E-state index in [4.69, 9.17) is 9.68 Å². The molecule has 2 rings (SSSR count). The predicted octanol–water partition coefficient (Wildman–Crippen LogP) is 3.48. The fraction of sp³-hybridized carbons (Fsp3) is 0.231. The van der Waals surface area contributed by atoms with Crippen molar-refractivity contribution in [3.63, 3.8) is 0 Å². The molecule has 4 nitrogen and oxygen atoms in total. The first-order chi connectivity index (χ1) is 8.72. The molecule has 0 aliphatic rings. The van der Waals surface area contributed by atoms with Crippen LogP contribution in [0, 0.1) is 11.3 Å². The van der Waals surface area contributed by atoms with E-state index in [1.165, 1.54) is 0 Å². The van der Waals surface area contributed by atoms with E-state index in [-0.39, 0.29) is 0 Å². The second-order valence-electron chi connectivity index (χ2n) is 3.73. The highest BCUT2D eigenvalue weighted by atomic mass is 79.9. The summed E-state index contributed by atoms with van der Waals surface area (Å²) >= 11 is 3.38. The van der Waals surface area contributed by atoms with Crippen molar-refractivity contribution in [2.75, 3.05) is 5.32 Å². The number of nitriles is 1. The number of hydrogen-bond acceptors (Lipinski definition) is 4. The van der Waals surface area contributed by atoms with Gasteiger partial charge in [0, 0.05) is 10.9 Å². The second-order valence-corrected chi connectivity index (χ2v) is 4.64. The van der Waals surface area contributed by atoms with Crippen LogP contribution in [-0.4, -0.2) is 4.98 Å². The van der Waals surface area contributed by atoms with Gasteiger partial charge in [-0.1, -0.05) is 22.9 Å². The van der Waals surface area contributed by atoms with Gasteiger partial charge >= 0.3 is 0 Å². The predicted molar refractivity (Wildman–Crippen MR) is 72.1 cm³/mol. The molecule has 92 valence electrons. The summed E-state index contributed by atoms with van der Waals surface area (Å²) in [7, 11) is 0. The molecule has 0 unspecified atom stereocenters. The summed E-state index contributed by atoms with van der Waals surface area (Å²) < 4.78 is 6.41. The minimum Gasteiger partial charge on any atom is -0.444 e. The molecule has 0 aliphatic heterocycles. The third-order valence-corrected chi connectivity index (χ3v) is 2.98. The third kappa shape index (κ3) is 2.90. The molecular formula is C13H12BrN3O. The maximum Gasteiger partial charge on any atom is 0.213 e. The first-order valence-electron chi connectivity index (χ1n) is 5.60. The van der Waals surface area contributed by atoms with Crippen LogP contribution < -0.4 is 5.32 Å². The fourth-order valence-corrected chi connectivity index (χ4v) is 1.89. The fourth-order valence-electron chi connectivity index (χ4n) is 1.52. The minimum absolute atomic E-state index is 0.463. The molecule has 0 amide bonds. The first kappa shape index (κ1) is 12.7. The largest absolute Gasteiger partial charge is 0.444 e. The average Bonchev–Trinajstić information content (AvgIpc) is 2.84. The quantitative estimate of drug-likeness (QED) is 0.939. The number of oxazole rings is 1. The molecule has 0 bridgehead atoms. The Morgan fingerprint density at radius 3 is 3.00 bits per heavy atom. The minimum atomic E-state index is 0.463. The van der Waals surface area contributed by atoms with Crippen molar-refractivity contribution in [2.24, 2.45) is 0 Å². The van der Waals surface area contributed by atoms with E-state index in [1.807, 2.05) is 19.1 Å². The number of nitrogens with one attached hydrogen (secondary N) is 1. The molecule has 0 fully saturated rings. The van der Waals surface area contributed by atoms with Gasteiger partial charge in [-0.25, -0.2) is 4.98 Å². The smallest absolute Gasteiger partial charge is 0.213 e. The number of aromatic nitrogens is 1. The molecule has 1 N–H and O–H groups in total. The zero-order valence-corrected chi connectivity index (χ0v) is 11.5. The van der Waals surface area contributed by atoms with E-state index in [1.54, 1.807) is 12.3 Å². The van der Waals surface area contributed by atoms with E-state index in [0.717, 1.165) is 22.3 Å². The topological polar surface area (TPSA) is 61.9 Å². The van der Waals surface area contributed by atoms with Gasteiger partial charge in [-0.2, -0.15) is 5.26 Å². The van der Waals surface area contributed by atoms with Crippen molar-refractivity contribution in [1.82, 2.24) is 4.98 Å². The maximum atomic E-state index is 9.00. The van der Waals surface area contributed by atoms with E-state index in [2.05, 4.69) is 32.3 Å². The molecule has 5 heteroatoms. The van der Waals surface area contributed by atoms with Crippen LogP contribution in [0.4, 0.5) is 5.69 Å². The summed E-state index contributed by atoms with van der Waals surface area (Å²) in [6.45, 7) is 2.48. The number of benzene rings is 1. The lowest BCUT2D eigenvalue weighted by Crippen LogP contribution is -2.01. The lowest BCUT2D eigenvalue weighted by Gasteiger charge is -2.06. The molecule has 1 aromatic heterocycles. The van der Waals surface area contributed by atoms with Gasteiger partial charge in [0.2, 0.25) is 5.89 Å². The molecule has 0 atom stereocenters. The van der Waals surface area contributed by atoms with Crippen molar-refractivity contribution in [3.8, 4) is 6.07 Å². The standard InChI is InChI=1S/C13H12BrN3O/c1-2-11-7-17-13(18-11)8-16-12-5-10(14)4-3-9(12)6-15/h3-5,7,16H,2,8H2,1H3. The Morgan fingerprint density at radius 1 is 1.50 bits per heavy atom. The first-order valence-corrected chi connectivity index (χ1v) is 6.39. The van der Waals surface area contributed by atoms with Crippen LogP contribution in [-0.2, 0) is 13.0 Å². The van der Waals surface area contributed by atoms with Crippen LogP contribution in [0.15, 0.2) is 33.3 Å². The Balaban J connectivity index is 2.10. The van der Waals surface area contributed by atoms with Crippen LogP contribution >= 0.6 is 15.9 Å². The van der Waals surface area contributed by atoms with Crippen molar-refractivity contribution in [2.45, 2.75) is 19.9 Å². The van der Waals surface area contributed by atoms with Gasteiger partial charge in [0.1, 0.15) is 11.8 Å². The summed E-state index contributed by atoms with van der Waals surface area (Å²) in [5.74, 6) is 1.48. The molecule has 0 saturated heterocycles. The lowest BCUT2D eigenvalue weighted by atomic mass is 10.2.